The van der Waals surface area contributed by atoms with Crippen molar-refractivity contribution in [3.8, 4) is 5.75 Å². The Morgan fingerprint density at radius 2 is 1.94 bits per heavy atom. The molecule has 0 heterocycles. The Morgan fingerprint density at radius 3 is 2.59 bits per heavy atom. The van der Waals surface area contributed by atoms with Crippen LogP contribution in [0, 0.1) is 5.92 Å². The average Bonchev–Trinajstić information content (AvgIpc) is 3.10. The Labute approximate surface area is 104 Å². The fourth-order valence-electron chi connectivity index (χ4n) is 2.05. The van der Waals surface area contributed by atoms with Crippen LogP contribution in [0.1, 0.15) is 39.2 Å². The normalized spacial score (nSPS) is 17.2. The first-order valence-corrected chi connectivity index (χ1v) is 6.64. The molecule has 0 saturated heterocycles. The molecule has 0 aromatic heterocycles. The molecule has 0 aliphatic heterocycles. The largest absolute Gasteiger partial charge is 0.491 e. The molecule has 1 saturated carbocycles. The van der Waals surface area contributed by atoms with Gasteiger partial charge in [-0.25, -0.2) is 0 Å². The van der Waals surface area contributed by atoms with Gasteiger partial charge in [0, 0.05) is 18.2 Å². The minimum absolute atomic E-state index is 0.233. The van der Waals surface area contributed by atoms with E-state index in [-0.39, 0.29) is 6.10 Å². The van der Waals surface area contributed by atoms with E-state index in [0.717, 1.165) is 18.2 Å². The summed E-state index contributed by atoms with van der Waals surface area (Å²) in [5, 5.41) is 3.59. The van der Waals surface area contributed by atoms with E-state index in [9.17, 15) is 0 Å². The molecule has 1 aliphatic carbocycles. The molecule has 2 heteroatoms. The molecule has 1 unspecified atom stereocenters. The second-order valence-corrected chi connectivity index (χ2v) is 5.28. The summed E-state index contributed by atoms with van der Waals surface area (Å²) in [4.78, 5) is 0. The van der Waals surface area contributed by atoms with E-state index in [1.807, 2.05) is 6.07 Å². The van der Waals surface area contributed by atoms with Crippen LogP contribution in [-0.4, -0.2) is 12.1 Å². The van der Waals surface area contributed by atoms with Gasteiger partial charge in [-0.15, -0.1) is 0 Å². The third-order valence-corrected chi connectivity index (χ3v) is 3.28. The maximum atomic E-state index is 5.81. The molecule has 2 nitrogen and oxygen atoms in total. The Bertz CT molecular complexity index is 358. The zero-order valence-electron chi connectivity index (χ0n) is 11.1. The van der Waals surface area contributed by atoms with Crippen LogP contribution in [0.25, 0.3) is 0 Å². The van der Waals surface area contributed by atoms with Gasteiger partial charge in [-0.05, 0) is 45.6 Å². The highest BCUT2D eigenvalue weighted by Crippen LogP contribution is 2.32. The maximum Gasteiger partial charge on any atom is 0.124 e. The van der Waals surface area contributed by atoms with Crippen LogP contribution >= 0.6 is 0 Å². The van der Waals surface area contributed by atoms with Gasteiger partial charge < -0.3 is 10.1 Å². The monoisotopic (exact) mass is 233 g/mol. The van der Waals surface area contributed by atoms with Gasteiger partial charge >= 0.3 is 0 Å². The Morgan fingerprint density at radius 1 is 1.24 bits per heavy atom. The van der Waals surface area contributed by atoms with E-state index in [1.165, 1.54) is 18.4 Å². The predicted octanol–water partition coefficient (Wildman–Crippen LogP) is 3.36. The number of rotatable bonds is 6. The molecule has 0 amide bonds. The van der Waals surface area contributed by atoms with E-state index < -0.39 is 0 Å². The molecule has 0 radical (unpaired) electrons. The van der Waals surface area contributed by atoms with Gasteiger partial charge in [0.2, 0.25) is 0 Å². The van der Waals surface area contributed by atoms with E-state index in [1.54, 1.807) is 0 Å². The average molecular weight is 233 g/mol. The van der Waals surface area contributed by atoms with Crippen molar-refractivity contribution < 1.29 is 4.74 Å². The standard InChI is InChI=1S/C15H23NO/c1-11(2)17-15-7-5-4-6-14(15)10-16-12(3)13-8-9-13/h4-7,11-13,16H,8-10H2,1-3H3. The first kappa shape index (κ1) is 12.4. The summed E-state index contributed by atoms with van der Waals surface area (Å²) in [7, 11) is 0. The highest BCUT2D eigenvalue weighted by molar-refractivity contribution is 5.33. The third kappa shape index (κ3) is 3.74. The summed E-state index contributed by atoms with van der Waals surface area (Å²) in [6, 6.07) is 8.93. The van der Waals surface area contributed by atoms with Gasteiger partial charge in [-0.2, -0.15) is 0 Å². The number of benzene rings is 1. The second kappa shape index (κ2) is 5.54. The SMILES string of the molecule is CC(C)Oc1ccccc1CNC(C)C1CC1. The summed E-state index contributed by atoms with van der Waals surface area (Å²) in [6.45, 7) is 7.32. The predicted molar refractivity (Wildman–Crippen MR) is 71.2 cm³/mol. The highest BCUT2D eigenvalue weighted by Gasteiger charge is 2.27. The third-order valence-electron chi connectivity index (χ3n) is 3.28. The minimum atomic E-state index is 0.233. The van der Waals surface area contributed by atoms with Crippen molar-refractivity contribution in [2.75, 3.05) is 0 Å². The van der Waals surface area contributed by atoms with Crippen molar-refractivity contribution in [3.05, 3.63) is 29.8 Å². The molecule has 2 rings (SSSR count). The first-order chi connectivity index (χ1) is 8.16. The van der Waals surface area contributed by atoms with E-state index in [2.05, 4.69) is 44.3 Å². The van der Waals surface area contributed by atoms with E-state index >= 15 is 0 Å². The number of hydrogen-bond acceptors (Lipinski definition) is 2. The maximum absolute atomic E-state index is 5.81. The van der Waals surface area contributed by atoms with Crippen molar-refractivity contribution in [1.82, 2.24) is 5.32 Å². The Kier molecular flexibility index (Phi) is 4.06. The lowest BCUT2D eigenvalue weighted by Gasteiger charge is -2.17. The topological polar surface area (TPSA) is 21.3 Å². The molecule has 1 atom stereocenters. The van der Waals surface area contributed by atoms with Gasteiger partial charge in [0.1, 0.15) is 5.75 Å². The molecule has 17 heavy (non-hydrogen) atoms. The Balaban J connectivity index is 1.93. The quantitative estimate of drug-likeness (QED) is 0.813. The van der Waals surface area contributed by atoms with Crippen molar-refractivity contribution >= 4 is 0 Å². The van der Waals surface area contributed by atoms with Gasteiger partial charge in [0.05, 0.1) is 6.10 Å². The van der Waals surface area contributed by atoms with E-state index in [0.29, 0.717) is 6.04 Å². The van der Waals surface area contributed by atoms with Crippen LogP contribution in [-0.2, 0) is 6.54 Å². The minimum Gasteiger partial charge on any atom is -0.491 e. The van der Waals surface area contributed by atoms with Crippen LogP contribution in [0.2, 0.25) is 0 Å². The zero-order chi connectivity index (χ0) is 12.3. The number of ether oxygens (including phenoxy) is 1. The van der Waals surface area contributed by atoms with Crippen molar-refractivity contribution in [1.29, 1.82) is 0 Å². The van der Waals surface area contributed by atoms with Crippen LogP contribution in [0.3, 0.4) is 0 Å². The molecule has 0 spiro atoms. The molecule has 1 aliphatic rings. The van der Waals surface area contributed by atoms with Crippen LogP contribution in [0.5, 0.6) is 5.75 Å². The fraction of sp³-hybridized carbons (Fsp3) is 0.600. The molecule has 94 valence electrons. The van der Waals surface area contributed by atoms with E-state index in [4.69, 9.17) is 4.74 Å². The van der Waals surface area contributed by atoms with Gasteiger partial charge in [-0.3, -0.25) is 0 Å². The lowest BCUT2D eigenvalue weighted by Crippen LogP contribution is -2.27. The molecule has 1 N–H and O–H groups in total. The van der Waals surface area contributed by atoms with Gasteiger partial charge in [0.15, 0.2) is 0 Å². The summed E-state index contributed by atoms with van der Waals surface area (Å²) >= 11 is 0. The molecule has 1 aromatic rings. The number of nitrogens with one attached hydrogen (secondary N) is 1. The summed E-state index contributed by atoms with van der Waals surface area (Å²) in [5.41, 5.74) is 1.26. The highest BCUT2D eigenvalue weighted by atomic mass is 16.5. The van der Waals surface area contributed by atoms with Crippen molar-refractivity contribution in [2.24, 2.45) is 5.92 Å². The number of hydrogen-bond donors (Lipinski definition) is 1. The molecular weight excluding hydrogens is 210 g/mol. The summed E-state index contributed by atoms with van der Waals surface area (Å²) in [6.07, 6.45) is 3.01. The molecular formula is C15H23NO. The second-order valence-electron chi connectivity index (χ2n) is 5.28. The lowest BCUT2D eigenvalue weighted by atomic mass is 10.1. The van der Waals surface area contributed by atoms with Crippen molar-refractivity contribution in [3.63, 3.8) is 0 Å². The lowest BCUT2D eigenvalue weighted by molar-refractivity contribution is 0.239. The number of para-hydroxylation sites is 1. The summed E-state index contributed by atoms with van der Waals surface area (Å²) in [5.74, 6) is 1.91. The molecule has 0 bridgehead atoms. The van der Waals surface area contributed by atoms with Gasteiger partial charge in [0.25, 0.3) is 0 Å². The zero-order valence-corrected chi connectivity index (χ0v) is 11.1. The Hall–Kier alpha value is -1.02. The first-order valence-electron chi connectivity index (χ1n) is 6.64. The van der Waals surface area contributed by atoms with Crippen LogP contribution in [0.15, 0.2) is 24.3 Å². The van der Waals surface area contributed by atoms with Crippen LogP contribution < -0.4 is 10.1 Å². The molecule has 1 aromatic carbocycles. The van der Waals surface area contributed by atoms with Gasteiger partial charge in [-0.1, -0.05) is 18.2 Å². The van der Waals surface area contributed by atoms with Crippen molar-refractivity contribution in [2.45, 2.75) is 52.3 Å². The fourth-order valence-corrected chi connectivity index (χ4v) is 2.05. The van der Waals surface area contributed by atoms with Crippen LogP contribution in [0.4, 0.5) is 0 Å². The summed E-state index contributed by atoms with van der Waals surface area (Å²) < 4.78 is 5.81. The smallest absolute Gasteiger partial charge is 0.124 e. The molecule has 1 fully saturated rings.